The second-order valence-corrected chi connectivity index (χ2v) is 4.77. The van der Waals surface area contributed by atoms with Crippen molar-refractivity contribution in [2.45, 2.75) is 6.42 Å². The van der Waals surface area contributed by atoms with Gasteiger partial charge >= 0.3 is 5.97 Å². The van der Waals surface area contributed by atoms with Crippen molar-refractivity contribution in [3.8, 4) is 11.1 Å². The van der Waals surface area contributed by atoms with Gasteiger partial charge in [0.05, 0.1) is 11.9 Å². The lowest BCUT2D eigenvalue weighted by atomic mass is 10.0. The lowest BCUT2D eigenvalue weighted by Crippen LogP contribution is -2.19. The number of hydrogen-bond acceptors (Lipinski definition) is 3. The molecular formula is C17H17NO2S. The van der Waals surface area contributed by atoms with Gasteiger partial charge in [-0.1, -0.05) is 66.8 Å². The largest absolute Gasteiger partial charge is 0.464 e. The molecule has 0 heterocycles. The number of carbonyl (C=O) groups excluding carboxylic acids is 1. The third kappa shape index (κ3) is 5.00. The summed E-state index contributed by atoms with van der Waals surface area (Å²) < 4.78 is 5.10. The van der Waals surface area contributed by atoms with E-state index in [1.807, 2.05) is 42.5 Å². The molecule has 0 aromatic heterocycles. The van der Waals surface area contributed by atoms with Crippen LogP contribution in [0.5, 0.6) is 0 Å². The van der Waals surface area contributed by atoms with Crippen LogP contribution >= 0.6 is 12.2 Å². The summed E-state index contributed by atoms with van der Waals surface area (Å²) in [5, 5.41) is 2.81. The van der Waals surface area contributed by atoms with Crippen LogP contribution in [-0.4, -0.2) is 24.6 Å². The molecule has 3 nitrogen and oxygen atoms in total. The minimum atomic E-state index is -0.228. The molecule has 0 aliphatic rings. The molecule has 0 aliphatic carbocycles. The number of carbonyl (C=O) groups is 1. The standard InChI is InChI=1S/C17H17NO2S/c19-17(20-11-10-18-13-21)12-14-6-8-16(9-7-14)15-4-2-1-3-5-15/h1-9,13H,10-12H2,(H,18,21). The first kappa shape index (κ1) is 15.2. The van der Waals surface area contributed by atoms with Crippen molar-refractivity contribution in [1.29, 1.82) is 0 Å². The molecule has 1 N–H and O–H groups in total. The molecule has 0 saturated heterocycles. The van der Waals surface area contributed by atoms with Gasteiger partial charge in [-0.25, -0.2) is 0 Å². The van der Waals surface area contributed by atoms with Crippen LogP contribution in [0.4, 0.5) is 0 Å². The molecule has 2 rings (SSSR count). The average Bonchev–Trinajstić information content (AvgIpc) is 2.53. The van der Waals surface area contributed by atoms with Crippen molar-refractivity contribution in [3.05, 3.63) is 60.2 Å². The summed E-state index contributed by atoms with van der Waals surface area (Å²) in [6.07, 6.45) is 0.284. The summed E-state index contributed by atoms with van der Waals surface area (Å²) in [7, 11) is 0. The van der Waals surface area contributed by atoms with E-state index in [9.17, 15) is 4.79 Å². The summed E-state index contributed by atoms with van der Waals surface area (Å²) >= 11 is 4.61. The molecule has 0 spiro atoms. The highest BCUT2D eigenvalue weighted by Crippen LogP contribution is 2.19. The first-order valence-corrected chi connectivity index (χ1v) is 7.24. The van der Waals surface area contributed by atoms with Crippen LogP contribution in [-0.2, 0) is 16.0 Å². The van der Waals surface area contributed by atoms with Crippen LogP contribution in [0.25, 0.3) is 11.1 Å². The molecule has 0 amide bonds. The summed E-state index contributed by atoms with van der Waals surface area (Å²) in [5.41, 5.74) is 4.66. The maximum atomic E-state index is 11.6. The zero-order valence-corrected chi connectivity index (χ0v) is 12.4. The zero-order valence-electron chi connectivity index (χ0n) is 11.6. The Hall–Kier alpha value is -2.20. The molecule has 0 unspecified atom stereocenters. The second kappa shape index (κ2) is 8.17. The highest BCUT2D eigenvalue weighted by molar-refractivity contribution is 7.78. The Bertz CT molecular complexity index is 581. The Kier molecular flexibility index (Phi) is 5.91. The van der Waals surface area contributed by atoms with E-state index in [1.54, 1.807) is 0 Å². The molecule has 0 saturated carbocycles. The molecule has 21 heavy (non-hydrogen) atoms. The minimum absolute atomic E-state index is 0.228. The van der Waals surface area contributed by atoms with Gasteiger partial charge in [-0.2, -0.15) is 0 Å². The fraction of sp³-hybridized carbons (Fsp3) is 0.176. The van der Waals surface area contributed by atoms with Gasteiger partial charge in [-0.05, 0) is 16.7 Å². The lowest BCUT2D eigenvalue weighted by Gasteiger charge is -2.06. The second-order valence-electron chi connectivity index (χ2n) is 4.53. The third-order valence-corrected chi connectivity index (χ3v) is 3.17. The zero-order chi connectivity index (χ0) is 14.9. The number of ether oxygens (including phenoxy) is 1. The number of thiocarbonyl (C=S) groups is 1. The maximum Gasteiger partial charge on any atom is 0.310 e. The Morgan fingerprint density at radius 2 is 1.71 bits per heavy atom. The van der Waals surface area contributed by atoms with Gasteiger partial charge in [-0.15, -0.1) is 0 Å². The van der Waals surface area contributed by atoms with Crippen LogP contribution in [0.2, 0.25) is 0 Å². The van der Waals surface area contributed by atoms with Crippen LogP contribution in [0, 0.1) is 0 Å². The maximum absolute atomic E-state index is 11.6. The number of rotatable bonds is 7. The summed E-state index contributed by atoms with van der Waals surface area (Å²) in [5.74, 6) is -0.228. The Labute approximate surface area is 129 Å². The molecule has 2 aromatic rings. The first-order chi connectivity index (χ1) is 10.3. The van der Waals surface area contributed by atoms with Gasteiger partial charge in [0.1, 0.15) is 6.61 Å². The van der Waals surface area contributed by atoms with Gasteiger partial charge in [0.25, 0.3) is 0 Å². The molecule has 0 bridgehead atoms. The summed E-state index contributed by atoms with van der Waals surface area (Å²) in [6.45, 7) is 0.871. The highest BCUT2D eigenvalue weighted by Gasteiger charge is 2.05. The summed E-state index contributed by atoms with van der Waals surface area (Å²) in [4.78, 5) is 11.6. The molecule has 108 valence electrons. The fourth-order valence-corrected chi connectivity index (χ4v) is 2.06. The van der Waals surface area contributed by atoms with Gasteiger partial charge < -0.3 is 10.1 Å². The minimum Gasteiger partial charge on any atom is -0.464 e. The van der Waals surface area contributed by atoms with Gasteiger partial charge in [-0.3, -0.25) is 4.79 Å². The van der Waals surface area contributed by atoms with Crippen molar-refractivity contribution in [2.75, 3.05) is 13.2 Å². The molecule has 2 aromatic carbocycles. The fourth-order valence-electron chi connectivity index (χ4n) is 1.95. The van der Waals surface area contributed by atoms with E-state index in [4.69, 9.17) is 4.74 Å². The molecule has 0 fully saturated rings. The lowest BCUT2D eigenvalue weighted by molar-refractivity contribution is -0.142. The highest BCUT2D eigenvalue weighted by atomic mass is 32.1. The van der Waals surface area contributed by atoms with E-state index in [0.29, 0.717) is 13.2 Å². The number of benzene rings is 2. The van der Waals surface area contributed by atoms with E-state index in [-0.39, 0.29) is 12.4 Å². The van der Waals surface area contributed by atoms with Crippen molar-refractivity contribution >= 4 is 23.7 Å². The Balaban J connectivity index is 1.88. The summed E-state index contributed by atoms with van der Waals surface area (Å²) in [6, 6.07) is 18.1. The van der Waals surface area contributed by atoms with Gasteiger partial charge in [0.15, 0.2) is 0 Å². The smallest absolute Gasteiger partial charge is 0.310 e. The normalized spacial score (nSPS) is 9.90. The Morgan fingerprint density at radius 1 is 1.05 bits per heavy atom. The number of esters is 1. The molecular weight excluding hydrogens is 282 g/mol. The van der Waals surface area contributed by atoms with Crippen molar-refractivity contribution < 1.29 is 9.53 Å². The predicted octanol–water partition coefficient (Wildman–Crippen LogP) is 2.99. The topological polar surface area (TPSA) is 38.3 Å². The predicted molar refractivity (Wildman–Crippen MR) is 88.2 cm³/mol. The SMILES string of the molecule is O=C(Cc1ccc(-c2ccccc2)cc1)OCCNC=S. The van der Waals surface area contributed by atoms with Gasteiger partial charge in [0.2, 0.25) is 0 Å². The van der Waals surface area contributed by atoms with E-state index >= 15 is 0 Å². The number of nitrogens with one attached hydrogen (secondary N) is 1. The molecule has 0 atom stereocenters. The van der Waals surface area contributed by atoms with Crippen molar-refractivity contribution in [1.82, 2.24) is 5.32 Å². The Morgan fingerprint density at radius 3 is 2.38 bits per heavy atom. The molecule has 4 heteroatoms. The third-order valence-electron chi connectivity index (χ3n) is 3.00. The monoisotopic (exact) mass is 299 g/mol. The average molecular weight is 299 g/mol. The van der Waals surface area contributed by atoms with Crippen LogP contribution in [0.15, 0.2) is 54.6 Å². The van der Waals surface area contributed by atoms with Crippen molar-refractivity contribution in [2.24, 2.45) is 0 Å². The quantitative estimate of drug-likeness (QED) is 0.484. The van der Waals surface area contributed by atoms with E-state index in [0.717, 1.165) is 16.7 Å². The molecule has 0 aliphatic heterocycles. The van der Waals surface area contributed by atoms with Gasteiger partial charge in [0, 0.05) is 6.54 Å². The van der Waals surface area contributed by atoms with Crippen LogP contribution < -0.4 is 5.32 Å². The first-order valence-electron chi connectivity index (χ1n) is 6.76. The van der Waals surface area contributed by atoms with Crippen LogP contribution in [0.3, 0.4) is 0 Å². The van der Waals surface area contributed by atoms with E-state index < -0.39 is 0 Å². The molecule has 0 radical (unpaired) electrons. The van der Waals surface area contributed by atoms with E-state index in [1.165, 1.54) is 5.49 Å². The van der Waals surface area contributed by atoms with E-state index in [2.05, 4.69) is 29.7 Å². The van der Waals surface area contributed by atoms with Crippen LogP contribution in [0.1, 0.15) is 5.56 Å². The number of hydrogen-bond donors (Lipinski definition) is 1. The van der Waals surface area contributed by atoms with Crippen molar-refractivity contribution in [3.63, 3.8) is 0 Å².